The summed E-state index contributed by atoms with van der Waals surface area (Å²) in [5.74, 6) is -0.804. The molecule has 0 aromatic heterocycles. The van der Waals surface area contributed by atoms with Crippen LogP contribution in [0.15, 0.2) is 53.0 Å². The van der Waals surface area contributed by atoms with Crippen LogP contribution in [-0.2, 0) is 38.3 Å². The molecule has 1 amide bonds. The summed E-state index contributed by atoms with van der Waals surface area (Å²) >= 11 is 3.29. The van der Waals surface area contributed by atoms with Crippen LogP contribution in [-0.4, -0.2) is 21.4 Å². The molecule has 0 fully saturated rings. The standard InChI is InChI=1S/C17H18BrNO4S/c1-23-11-14-5-2-4-13(8-14)10-17(20)19-24(21,22)12-15-6-3-7-16(18)9-15/h2-9H,10-12H2,1H3,(H,19,20). The van der Waals surface area contributed by atoms with E-state index in [1.807, 2.05) is 24.3 Å². The van der Waals surface area contributed by atoms with Crippen molar-refractivity contribution in [1.82, 2.24) is 4.72 Å². The molecule has 7 heteroatoms. The van der Waals surface area contributed by atoms with Crippen LogP contribution in [0.3, 0.4) is 0 Å². The van der Waals surface area contributed by atoms with Crippen molar-refractivity contribution in [3.05, 3.63) is 69.7 Å². The van der Waals surface area contributed by atoms with Crippen molar-refractivity contribution in [2.45, 2.75) is 18.8 Å². The van der Waals surface area contributed by atoms with E-state index in [0.717, 1.165) is 15.6 Å². The molecule has 0 heterocycles. The second-order valence-corrected chi connectivity index (χ2v) is 7.98. The first-order valence-electron chi connectivity index (χ1n) is 7.22. The summed E-state index contributed by atoms with van der Waals surface area (Å²) in [6.07, 6.45) is -0.00469. The van der Waals surface area contributed by atoms with Crippen LogP contribution in [0.1, 0.15) is 16.7 Å². The number of rotatable bonds is 7. The number of methoxy groups -OCH3 is 1. The Hall–Kier alpha value is -1.70. The summed E-state index contributed by atoms with van der Waals surface area (Å²) < 4.78 is 32.2. The SMILES string of the molecule is COCc1cccc(CC(=O)NS(=O)(=O)Cc2cccc(Br)c2)c1. The Balaban J connectivity index is 1.99. The molecule has 0 atom stereocenters. The van der Waals surface area contributed by atoms with Crippen LogP contribution in [0, 0.1) is 0 Å². The fraction of sp³-hybridized carbons (Fsp3) is 0.235. The van der Waals surface area contributed by atoms with Gasteiger partial charge in [-0.3, -0.25) is 9.52 Å². The van der Waals surface area contributed by atoms with Gasteiger partial charge in [0.15, 0.2) is 0 Å². The van der Waals surface area contributed by atoms with Gasteiger partial charge in [0.25, 0.3) is 0 Å². The number of ether oxygens (including phenoxy) is 1. The molecule has 0 aliphatic carbocycles. The summed E-state index contributed by atoms with van der Waals surface area (Å²) in [4.78, 5) is 12.0. The van der Waals surface area contributed by atoms with Crippen LogP contribution in [0.4, 0.5) is 0 Å². The number of hydrogen-bond donors (Lipinski definition) is 1. The Kier molecular flexibility index (Phi) is 6.53. The van der Waals surface area contributed by atoms with E-state index in [4.69, 9.17) is 4.74 Å². The number of sulfonamides is 1. The van der Waals surface area contributed by atoms with E-state index in [-0.39, 0.29) is 12.2 Å². The fourth-order valence-electron chi connectivity index (χ4n) is 2.27. The van der Waals surface area contributed by atoms with E-state index in [1.54, 1.807) is 31.4 Å². The van der Waals surface area contributed by atoms with E-state index in [9.17, 15) is 13.2 Å². The average Bonchev–Trinajstić information content (AvgIpc) is 2.46. The van der Waals surface area contributed by atoms with E-state index >= 15 is 0 Å². The number of hydrogen-bond acceptors (Lipinski definition) is 4. The predicted octanol–water partition coefficient (Wildman–Crippen LogP) is 2.78. The van der Waals surface area contributed by atoms with Gasteiger partial charge in [-0.2, -0.15) is 0 Å². The van der Waals surface area contributed by atoms with Crippen molar-refractivity contribution < 1.29 is 17.9 Å². The molecule has 24 heavy (non-hydrogen) atoms. The molecule has 1 N–H and O–H groups in total. The third kappa shape index (κ3) is 6.07. The molecular weight excluding hydrogens is 394 g/mol. The molecule has 128 valence electrons. The monoisotopic (exact) mass is 411 g/mol. The molecule has 0 aliphatic heterocycles. The highest BCUT2D eigenvalue weighted by Gasteiger charge is 2.16. The lowest BCUT2D eigenvalue weighted by Crippen LogP contribution is -2.32. The quantitative estimate of drug-likeness (QED) is 0.759. The fourth-order valence-corrected chi connectivity index (χ4v) is 3.83. The van der Waals surface area contributed by atoms with Gasteiger partial charge in [-0.25, -0.2) is 8.42 Å². The summed E-state index contributed by atoms with van der Waals surface area (Å²) in [5, 5.41) is 0. The summed E-state index contributed by atoms with van der Waals surface area (Å²) in [6.45, 7) is 0.441. The number of carbonyl (C=O) groups is 1. The van der Waals surface area contributed by atoms with Crippen molar-refractivity contribution in [3.63, 3.8) is 0 Å². The van der Waals surface area contributed by atoms with Crippen molar-refractivity contribution in [3.8, 4) is 0 Å². The normalized spacial score (nSPS) is 11.2. The minimum atomic E-state index is -3.74. The Bertz CT molecular complexity index is 821. The maximum atomic E-state index is 12.1. The van der Waals surface area contributed by atoms with Crippen LogP contribution in [0.25, 0.3) is 0 Å². The third-order valence-electron chi connectivity index (χ3n) is 3.18. The van der Waals surface area contributed by atoms with Gasteiger partial charge in [-0.15, -0.1) is 0 Å². The molecule has 0 saturated heterocycles. The minimum absolute atomic E-state index is 0.00469. The lowest BCUT2D eigenvalue weighted by Gasteiger charge is -2.08. The minimum Gasteiger partial charge on any atom is -0.380 e. The summed E-state index contributed by atoms with van der Waals surface area (Å²) in [7, 11) is -2.14. The lowest BCUT2D eigenvalue weighted by atomic mass is 10.1. The highest BCUT2D eigenvalue weighted by atomic mass is 79.9. The van der Waals surface area contributed by atoms with Crippen LogP contribution in [0.2, 0.25) is 0 Å². The second-order valence-electron chi connectivity index (χ2n) is 5.34. The molecule has 0 saturated carbocycles. The van der Waals surface area contributed by atoms with Gasteiger partial charge >= 0.3 is 0 Å². The van der Waals surface area contributed by atoms with Gasteiger partial charge in [-0.05, 0) is 28.8 Å². The molecule has 0 bridgehead atoms. The van der Waals surface area contributed by atoms with Gasteiger partial charge in [0.1, 0.15) is 0 Å². The molecule has 2 rings (SSSR count). The molecule has 2 aromatic rings. The maximum Gasteiger partial charge on any atom is 0.239 e. The highest BCUT2D eigenvalue weighted by Crippen LogP contribution is 2.14. The number of amides is 1. The number of carbonyl (C=O) groups excluding carboxylic acids is 1. The molecule has 0 unspecified atom stereocenters. The van der Waals surface area contributed by atoms with E-state index < -0.39 is 15.9 Å². The Morgan fingerprint density at radius 3 is 2.46 bits per heavy atom. The second kappa shape index (κ2) is 8.41. The average molecular weight is 412 g/mol. The van der Waals surface area contributed by atoms with Crippen molar-refractivity contribution in [1.29, 1.82) is 0 Å². The molecule has 0 spiro atoms. The summed E-state index contributed by atoms with van der Waals surface area (Å²) in [6, 6.07) is 14.3. The van der Waals surface area contributed by atoms with Gasteiger partial charge in [0, 0.05) is 11.6 Å². The third-order valence-corrected chi connectivity index (χ3v) is 4.93. The molecular formula is C17H18BrNO4S. The Morgan fingerprint density at radius 1 is 1.08 bits per heavy atom. The van der Waals surface area contributed by atoms with E-state index in [2.05, 4.69) is 20.7 Å². The predicted molar refractivity (Wildman–Crippen MR) is 95.8 cm³/mol. The zero-order valence-electron chi connectivity index (χ0n) is 13.2. The van der Waals surface area contributed by atoms with E-state index in [1.165, 1.54) is 0 Å². The molecule has 0 radical (unpaired) electrons. The number of nitrogens with one attached hydrogen (secondary N) is 1. The van der Waals surface area contributed by atoms with Gasteiger partial charge in [0.05, 0.1) is 18.8 Å². The number of halogens is 1. The largest absolute Gasteiger partial charge is 0.380 e. The zero-order chi connectivity index (χ0) is 17.6. The number of benzene rings is 2. The molecule has 2 aromatic carbocycles. The zero-order valence-corrected chi connectivity index (χ0v) is 15.6. The van der Waals surface area contributed by atoms with Gasteiger partial charge in [0.2, 0.25) is 15.9 Å². The smallest absolute Gasteiger partial charge is 0.239 e. The molecule has 0 aliphatic rings. The van der Waals surface area contributed by atoms with Crippen molar-refractivity contribution in [2.75, 3.05) is 7.11 Å². The maximum absolute atomic E-state index is 12.1. The van der Waals surface area contributed by atoms with E-state index in [0.29, 0.717) is 12.2 Å². The first-order chi connectivity index (χ1) is 11.4. The Morgan fingerprint density at radius 2 is 1.75 bits per heavy atom. The first-order valence-corrected chi connectivity index (χ1v) is 9.67. The van der Waals surface area contributed by atoms with Gasteiger partial charge in [-0.1, -0.05) is 52.3 Å². The topological polar surface area (TPSA) is 72.5 Å². The highest BCUT2D eigenvalue weighted by molar-refractivity contribution is 9.10. The van der Waals surface area contributed by atoms with Crippen LogP contribution < -0.4 is 4.72 Å². The molecule has 5 nitrogen and oxygen atoms in total. The first kappa shape index (κ1) is 18.6. The van der Waals surface area contributed by atoms with Crippen LogP contribution in [0.5, 0.6) is 0 Å². The van der Waals surface area contributed by atoms with Crippen molar-refractivity contribution >= 4 is 31.9 Å². The van der Waals surface area contributed by atoms with Crippen molar-refractivity contribution in [2.24, 2.45) is 0 Å². The summed E-state index contributed by atoms with van der Waals surface area (Å²) in [5.41, 5.74) is 2.27. The van der Waals surface area contributed by atoms with Gasteiger partial charge < -0.3 is 4.74 Å². The Labute approximate surface area is 150 Å². The lowest BCUT2D eigenvalue weighted by molar-refractivity contribution is -0.118. The van der Waals surface area contributed by atoms with Crippen LogP contribution >= 0.6 is 15.9 Å².